The summed E-state index contributed by atoms with van der Waals surface area (Å²) in [6, 6.07) is 10.9. The number of para-hydroxylation sites is 1. The Hall–Kier alpha value is -3.26. The van der Waals surface area contributed by atoms with Crippen LogP contribution in [-0.2, 0) is 25.9 Å². The maximum Gasteiger partial charge on any atom is 0.252 e. The van der Waals surface area contributed by atoms with Gasteiger partial charge in [-0.2, -0.15) is 0 Å². The lowest BCUT2D eigenvalue weighted by Crippen LogP contribution is -2.28. The third-order valence-electron chi connectivity index (χ3n) is 5.14. The zero-order valence-corrected chi connectivity index (χ0v) is 16.2. The highest BCUT2D eigenvalue weighted by molar-refractivity contribution is 5.93. The highest BCUT2D eigenvalue weighted by Gasteiger charge is 2.19. The highest BCUT2D eigenvalue weighted by atomic mass is 16.3. The van der Waals surface area contributed by atoms with Crippen molar-refractivity contribution < 1.29 is 9.90 Å². The molecule has 0 radical (unpaired) electrons. The average molecular weight is 392 g/mol. The van der Waals surface area contributed by atoms with Crippen molar-refractivity contribution in [3.8, 4) is 5.75 Å². The molecule has 3 heterocycles. The smallest absolute Gasteiger partial charge is 0.252 e. The van der Waals surface area contributed by atoms with Gasteiger partial charge in [0, 0.05) is 63.5 Å². The first-order chi connectivity index (χ1) is 14.2. The van der Waals surface area contributed by atoms with Crippen LogP contribution in [0.15, 0.2) is 48.8 Å². The van der Waals surface area contributed by atoms with Crippen LogP contribution in [-0.4, -0.2) is 55.3 Å². The van der Waals surface area contributed by atoms with Gasteiger partial charge in [0.25, 0.3) is 5.91 Å². The van der Waals surface area contributed by atoms with Crippen molar-refractivity contribution >= 4 is 5.91 Å². The molecule has 1 aliphatic heterocycles. The second kappa shape index (κ2) is 8.83. The van der Waals surface area contributed by atoms with Crippen LogP contribution < -0.4 is 5.32 Å². The summed E-state index contributed by atoms with van der Waals surface area (Å²) in [5, 5.41) is 21.6. The average Bonchev–Trinajstić information content (AvgIpc) is 3.02. The van der Waals surface area contributed by atoms with Gasteiger partial charge in [0.1, 0.15) is 17.4 Å². The fourth-order valence-corrected chi connectivity index (χ4v) is 3.54. The van der Waals surface area contributed by atoms with Crippen LogP contribution in [0.1, 0.15) is 27.6 Å². The summed E-state index contributed by atoms with van der Waals surface area (Å²) in [6.45, 7) is 3.72. The largest absolute Gasteiger partial charge is 0.508 e. The maximum absolute atomic E-state index is 12.1. The van der Waals surface area contributed by atoms with Gasteiger partial charge < -0.3 is 15.0 Å². The maximum atomic E-state index is 12.1. The number of aromatic hydroxyl groups is 1. The summed E-state index contributed by atoms with van der Waals surface area (Å²) >= 11 is 0. The summed E-state index contributed by atoms with van der Waals surface area (Å²) in [7, 11) is 0. The summed E-state index contributed by atoms with van der Waals surface area (Å²) in [6.07, 6.45) is 4.63. The second-order valence-corrected chi connectivity index (χ2v) is 7.09. The molecule has 0 bridgehead atoms. The molecule has 0 atom stereocenters. The van der Waals surface area contributed by atoms with Crippen LogP contribution >= 0.6 is 0 Å². The SMILES string of the molecule is O=C(NCCc1nnc2n1CCN(Cc1ccccc1O)CC2)c1cccnc1. The summed E-state index contributed by atoms with van der Waals surface area (Å²) in [5.74, 6) is 2.05. The molecule has 29 heavy (non-hydrogen) atoms. The van der Waals surface area contributed by atoms with E-state index in [2.05, 4.69) is 30.0 Å². The number of rotatable bonds is 6. The third kappa shape index (κ3) is 4.60. The molecule has 4 rings (SSSR count). The van der Waals surface area contributed by atoms with Crippen LogP contribution in [0, 0.1) is 0 Å². The number of carbonyl (C=O) groups is 1. The topological polar surface area (TPSA) is 96.2 Å². The first-order valence-electron chi connectivity index (χ1n) is 9.79. The van der Waals surface area contributed by atoms with Crippen molar-refractivity contribution in [3.63, 3.8) is 0 Å². The number of carbonyl (C=O) groups excluding carboxylic acids is 1. The molecule has 0 saturated heterocycles. The molecule has 0 fully saturated rings. The molecule has 1 aromatic carbocycles. The van der Waals surface area contributed by atoms with Gasteiger partial charge in [-0.25, -0.2) is 0 Å². The Bertz CT molecular complexity index is 972. The van der Waals surface area contributed by atoms with Crippen LogP contribution in [0.4, 0.5) is 0 Å². The zero-order valence-electron chi connectivity index (χ0n) is 16.2. The van der Waals surface area contributed by atoms with Gasteiger partial charge >= 0.3 is 0 Å². The van der Waals surface area contributed by atoms with Gasteiger partial charge in [0.05, 0.1) is 5.56 Å². The molecule has 1 amide bonds. The number of nitrogens with one attached hydrogen (secondary N) is 1. The number of benzene rings is 1. The number of pyridine rings is 1. The van der Waals surface area contributed by atoms with Crippen molar-refractivity contribution in [2.24, 2.45) is 0 Å². The van der Waals surface area contributed by atoms with E-state index in [-0.39, 0.29) is 5.91 Å². The van der Waals surface area contributed by atoms with Crippen molar-refractivity contribution in [2.75, 3.05) is 19.6 Å². The molecule has 1 aliphatic rings. The molecule has 3 aromatic rings. The minimum atomic E-state index is -0.137. The quantitative estimate of drug-likeness (QED) is 0.659. The second-order valence-electron chi connectivity index (χ2n) is 7.09. The van der Waals surface area contributed by atoms with Crippen LogP contribution in [0.5, 0.6) is 5.75 Å². The Kier molecular flexibility index (Phi) is 5.81. The van der Waals surface area contributed by atoms with Gasteiger partial charge in [0.2, 0.25) is 0 Å². The molecule has 0 spiro atoms. The third-order valence-corrected chi connectivity index (χ3v) is 5.14. The van der Waals surface area contributed by atoms with E-state index < -0.39 is 0 Å². The van der Waals surface area contributed by atoms with E-state index in [0.29, 0.717) is 30.8 Å². The molecular formula is C21H24N6O2. The summed E-state index contributed by atoms with van der Waals surface area (Å²) in [4.78, 5) is 18.4. The normalized spacial score (nSPS) is 14.2. The summed E-state index contributed by atoms with van der Waals surface area (Å²) in [5.41, 5.74) is 1.48. The lowest BCUT2D eigenvalue weighted by Gasteiger charge is -2.20. The number of amides is 1. The number of fused-ring (bicyclic) bond motifs is 1. The first kappa shape index (κ1) is 19.1. The van der Waals surface area contributed by atoms with Gasteiger partial charge in [-0.15, -0.1) is 10.2 Å². The number of nitrogens with zero attached hydrogens (tertiary/aromatic N) is 5. The molecular weight excluding hydrogens is 368 g/mol. The monoisotopic (exact) mass is 392 g/mol. The van der Waals surface area contributed by atoms with Gasteiger partial charge in [-0.1, -0.05) is 18.2 Å². The fourth-order valence-electron chi connectivity index (χ4n) is 3.54. The number of hydrogen-bond donors (Lipinski definition) is 2. The van der Waals surface area contributed by atoms with E-state index in [9.17, 15) is 9.90 Å². The number of phenolic OH excluding ortho intramolecular Hbond substituents is 1. The molecule has 0 aliphatic carbocycles. The molecule has 2 N–H and O–H groups in total. The van der Waals surface area contributed by atoms with E-state index in [1.165, 1.54) is 0 Å². The molecule has 0 unspecified atom stereocenters. The fraction of sp³-hybridized carbons (Fsp3) is 0.333. The van der Waals surface area contributed by atoms with E-state index in [1.54, 1.807) is 30.6 Å². The molecule has 150 valence electrons. The minimum Gasteiger partial charge on any atom is -0.508 e. The van der Waals surface area contributed by atoms with Crippen LogP contribution in [0.3, 0.4) is 0 Å². The van der Waals surface area contributed by atoms with Crippen LogP contribution in [0.2, 0.25) is 0 Å². The Labute approximate surface area is 169 Å². The minimum absolute atomic E-state index is 0.137. The van der Waals surface area contributed by atoms with E-state index >= 15 is 0 Å². The number of hydrogen-bond acceptors (Lipinski definition) is 6. The van der Waals surface area contributed by atoms with E-state index in [0.717, 1.165) is 43.3 Å². The molecule has 8 heteroatoms. The van der Waals surface area contributed by atoms with Crippen molar-refractivity contribution in [1.29, 1.82) is 0 Å². The molecule has 2 aromatic heterocycles. The van der Waals surface area contributed by atoms with E-state index in [4.69, 9.17) is 0 Å². The lowest BCUT2D eigenvalue weighted by atomic mass is 10.2. The van der Waals surface area contributed by atoms with Gasteiger partial charge in [-0.05, 0) is 18.2 Å². The number of phenols is 1. The highest BCUT2D eigenvalue weighted by Crippen LogP contribution is 2.19. The predicted molar refractivity (Wildman–Crippen MR) is 107 cm³/mol. The standard InChI is InChI=1S/C21H24N6O2/c28-18-6-2-1-4-17(18)15-26-11-8-20-25-24-19(27(20)13-12-26)7-10-23-21(29)16-5-3-9-22-14-16/h1-6,9,14,28H,7-8,10-13,15H2,(H,23,29). The Morgan fingerprint density at radius 2 is 2.00 bits per heavy atom. The van der Waals surface area contributed by atoms with E-state index in [1.807, 2.05) is 18.2 Å². The predicted octanol–water partition coefficient (Wildman–Crippen LogP) is 1.41. The Morgan fingerprint density at radius 3 is 2.83 bits per heavy atom. The van der Waals surface area contributed by atoms with Crippen molar-refractivity contribution in [1.82, 2.24) is 30.0 Å². The van der Waals surface area contributed by atoms with Crippen molar-refractivity contribution in [3.05, 3.63) is 71.6 Å². The first-order valence-corrected chi connectivity index (χ1v) is 9.79. The van der Waals surface area contributed by atoms with Gasteiger partial charge in [-0.3, -0.25) is 14.7 Å². The lowest BCUT2D eigenvalue weighted by molar-refractivity contribution is 0.0953. The van der Waals surface area contributed by atoms with Crippen LogP contribution in [0.25, 0.3) is 0 Å². The van der Waals surface area contributed by atoms with Crippen molar-refractivity contribution in [2.45, 2.75) is 25.9 Å². The molecule has 0 saturated carbocycles. The number of aromatic nitrogens is 4. The van der Waals surface area contributed by atoms with Gasteiger partial charge in [0.15, 0.2) is 0 Å². The summed E-state index contributed by atoms with van der Waals surface area (Å²) < 4.78 is 2.15. The Balaban J connectivity index is 1.33. The Morgan fingerprint density at radius 1 is 1.10 bits per heavy atom. The zero-order chi connectivity index (χ0) is 20.1. The molecule has 8 nitrogen and oxygen atoms in total.